The molecule has 0 bridgehead atoms. The molecule has 19 heteroatoms. The fourth-order valence-corrected chi connectivity index (χ4v) is 16.3. The largest absolute Gasteiger partial charge is 0.472 e. The lowest BCUT2D eigenvalue weighted by Crippen LogP contribution is -2.30. The minimum absolute atomic E-state index is 0.108. The number of hydrogen-bond donors (Lipinski definition) is 3. The Morgan fingerprint density at radius 2 is 0.425 bits per heavy atom. The molecule has 7 atom stereocenters. The molecule has 672 valence electrons. The van der Waals surface area contributed by atoms with Gasteiger partial charge in [0.1, 0.15) is 19.3 Å². The minimum Gasteiger partial charge on any atom is -0.462 e. The van der Waals surface area contributed by atoms with Gasteiger partial charge in [-0.3, -0.25) is 37.3 Å². The summed E-state index contributed by atoms with van der Waals surface area (Å²) in [6, 6.07) is 0. The first-order chi connectivity index (χ1) is 54.9. The predicted octanol–water partition coefficient (Wildman–Crippen LogP) is 29.4. The molecule has 0 fully saturated rings. The number of carbonyl (C=O) groups is 4. The molecule has 0 aromatic rings. The molecule has 3 N–H and O–H groups in total. The van der Waals surface area contributed by atoms with E-state index in [1.807, 2.05) is 0 Å². The van der Waals surface area contributed by atoms with Crippen LogP contribution < -0.4 is 0 Å². The Morgan fingerprint density at radius 3 is 0.628 bits per heavy atom. The van der Waals surface area contributed by atoms with Crippen molar-refractivity contribution in [3.8, 4) is 0 Å². The van der Waals surface area contributed by atoms with Crippen LogP contribution in [-0.2, 0) is 65.4 Å². The van der Waals surface area contributed by atoms with Crippen molar-refractivity contribution in [3.05, 3.63) is 0 Å². The van der Waals surface area contributed by atoms with Crippen LogP contribution >= 0.6 is 15.6 Å². The van der Waals surface area contributed by atoms with E-state index in [1.165, 1.54) is 321 Å². The fraction of sp³-hybridized carbons (Fsp3) is 0.957. The number of unbranched alkanes of at least 4 members (excludes halogenated alkanes) is 61. The van der Waals surface area contributed by atoms with Crippen molar-refractivity contribution in [2.24, 2.45) is 11.8 Å². The third kappa shape index (κ3) is 84.9. The van der Waals surface area contributed by atoms with Crippen LogP contribution in [0, 0.1) is 11.8 Å². The molecule has 17 nitrogen and oxygen atoms in total. The summed E-state index contributed by atoms with van der Waals surface area (Å²) in [5.74, 6) is -0.494. The van der Waals surface area contributed by atoms with Crippen LogP contribution in [0.3, 0.4) is 0 Å². The summed E-state index contributed by atoms with van der Waals surface area (Å²) in [6.07, 6.45) is 80.8. The van der Waals surface area contributed by atoms with Gasteiger partial charge in [-0.2, -0.15) is 0 Å². The highest BCUT2D eigenvalue weighted by atomic mass is 31.2. The van der Waals surface area contributed by atoms with E-state index < -0.39 is 97.5 Å². The number of aliphatic hydroxyl groups is 1. The van der Waals surface area contributed by atoms with Crippen LogP contribution in [-0.4, -0.2) is 96.7 Å². The van der Waals surface area contributed by atoms with Crippen LogP contribution in [0.25, 0.3) is 0 Å². The Morgan fingerprint density at radius 1 is 0.248 bits per heavy atom. The number of carbonyl (C=O) groups excluding carboxylic acids is 4. The Bertz CT molecular complexity index is 2150. The minimum atomic E-state index is -4.97. The van der Waals surface area contributed by atoms with Crippen LogP contribution in [0.4, 0.5) is 0 Å². The number of ether oxygens (including phenoxy) is 4. The van der Waals surface area contributed by atoms with E-state index in [9.17, 15) is 43.2 Å². The van der Waals surface area contributed by atoms with Gasteiger partial charge in [-0.25, -0.2) is 9.13 Å². The maximum atomic E-state index is 13.2. The van der Waals surface area contributed by atoms with Gasteiger partial charge in [0, 0.05) is 25.7 Å². The number of rotatable bonds is 93. The lowest BCUT2D eigenvalue weighted by molar-refractivity contribution is -0.161. The molecule has 0 aliphatic rings. The molecule has 0 amide bonds. The molecular formula is C94H184O17P2. The summed E-state index contributed by atoms with van der Waals surface area (Å²) in [5.41, 5.74) is 0. The van der Waals surface area contributed by atoms with Crippen molar-refractivity contribution >= 4 is 39.5 Å². The number of hydrogen-bond acceptors (Lipinski definition) is 15. The van der Waals surface area contributed by atoms with E-state index in [0.29, 0.717) is 25.7 Å². The monoisotopic (exact) mass is 1650 g/mol. The summed E-state index contributed by atoms with van der Waals surface area (Å²) in [7, 11) is -9.94. The van der Waals surface area contributed by atoms with Gasteiger partial charge in [0.25, 0.3) is 0 Å². The molecule has 0 rings (SSSR count). The third-order valence-corrected chi connectivity index (χ3v) is 24.8. The van der Waals surface area contributed by atoms with Crippen LogP contribution in [0.5, 0.6) is 0 Å². The highest BCUT2D eigenvalue weighted by Gasteiger charge is 2.31. The zero-order valence-electron chi connectivity index (χ0n) is 74.7. The molecule has 0 aliphatic heterocycles. The van der Waals surface area contributed by atoms with Crippen molar-refractivity contribution < 1.29 is 80.2 Å². The average molecular weight is 1650 g/mol. The maximum Gasteiger partial charge on any atom is 0.472 e. The predicted molar refractivity (Wildman–Crippen MR) is 469 cm³/mol. The summed E-state index contributed by atoms with van der Waals surface area (Å²) in [6.45, 7) is 9.74. The Balaban J connectivity index is 5.21. The second-order valence-electron chi connectivity index (χ2n) is 34.2. The van der Waals surface area contributed by atoms with Crippen molar-refractivity contribution in [2.45, 2.75) is 529 Å². The van der Waals surface area contributed by atoms with Gasteiger partial charge in [-0.1, -0.05) is 459 Å². The van der Waals surface area contributed by atoms with Crippen LogP contribution in [0.2, 0.25) is 0 Å². The van der Waals surface area contributed by atoms with Crippen molar-refractivity contribution in [2.75, 3.05) is 39.6 Å². The summed E-state index contributed by atoms with van der Waals surface area (Å²) < 4.78 is 69.1. The molecule has 0 saturated carbocycles. The van der Waals surface area contributed by atoms with E-state index in [2.05, 4.69) is 41.5 Å². The van der Waals surface area contributed by atoms with E-state index >= 15 is 0 Å². The molecule has 0 aliphatic carbocycles. The topological polar surface area (TPSA) is 237 Å². The van der Waals surface area contributed by atoms with Gasteiger partial charge in [0.2, 0.25) is 0 Å². The zero-order valence-corrected chi connectivity index (χ0v) is 76.5. The Labute approximate surface area is 696 Å². The molecule has 0 saturated heterocycles. The standard InChI is InChI=1S/C94H184O17P2/c1-7-11-13-15-17-19-21-23-25-27-29-31-33-37-41-45-49-53-57-64-70-76-91(96)104-82-89(110-93(98)78-72-66-59-55-51-47-43-39-35-34-36-40-44-48-52-56-62-68-74-86(5)9-3)84-108-112(100,101)106-80-88(95)81-107-113(102,103)109-85-90(83-105-92(97)77-71-65-61-60-63-69-75-87(6)10-4)111-94(99)79-73-67-58-54-50-46-42-38-32-30-28-26-24-22-20-18-16-14-12-8-2/h86-90,95H,7-85H2,1-6H3,(H,100,101)(H,102,103)/t86?,87?,88-,89-,90-/m1/s1. The highest BCUT2D eigenvalue weighted by Crippen LogP contribution is 2.45. The van der Waals surface area contributed by atoms with Crippen molar-refractivity contribution in [1.82, 2.24) is 0 Å². The first kappa shape index (κ1) is 111. The first-order valence-electron chi connectivity index (χ1n) is 48.6. The molecular weight excluding hydrogens is 1460 g/mol. The summed E-state index contributed by atoms with van der Waals surface area (Å²) in [5, 5.41) is 10.7. The smallest absolute Gasteiger partial charge is 0.462 e. The average Bonchev–Trinajstić information content (AvgIpc) is 0.897. The summed E-state index contributed by atoms with van der Waals surface area (Å²) in [4.78, 5) is 73.5. The first-order valence-corrected chi connectivity index (χ1v) is 51.6. The van der Waals surface area contributed by atoms with Gasteiger partial charge >= 0.3 is 39.5 Å². The van der Waals surface area contributed by atoms with Crippen molar-refractivity contribution in [1.29, 1.82) is 0 Å². The van der Waals surface area contributed by atoms with Crippen molar-refractivity contribution in [3.63, 3.8) is 0 Å². The quantitative estimate of drug-likeness (QED) is 0.0222. The van der Waals surface area contributed by atoms with Gasteiger partial charge in [-0.05, 0) is 37.5 Å². The van der Waals surface area contributed by atoms with Gasteiger partial charge < -0.3 is 33.8 Å². The highest BCUT2D eigenvalue weighted by molar-refractivity contribution is 7.47. The van der Waals surface area contributed by atoms with Gasteiger partial charge in [0.05, 0.1) is 26.4 Å². The maximum absolute atomic E-state index is 13.2. The summed E-state index contributed by atoms with van der Waals surface area (Å²) >= 11 is 0. The van der Waals surface area contributed by atoms with Crippen LogP contribution in [0.15, 0.2) is 0 Å². The number of phosphoric ester groups is 2. The zero-order chi connectivity index (χ0) is 82.7. The molecule has 0 radical (unpaired) electrons. The second kappa shape index (κ2) is 85.1. The number of esters is 4. The SMILES string of the molecule is CCCCCCCCCCCCCCCCCCCCCCCC(=O)OC[C@H](COP(=O)(O)OC[C@@H](O)COP(=O)(O)OC[C@@H](COC(=O)CCCCCCCCC(C)CC)OC(=O)CCCCCCCCCCCCCCCCCCCCCC)OC(=O)CCCCCCCCCCCCCCCCCCCCC(C)CC. The number of phosphoric acid groups is 2. The van der Waals surface area contributed by atoms with E-state index in [4.69, 9.17) is 37.0 Å². The van der Waals surface area contributed by atoms with Crippen LogP contribution in [0.1, 0.15) is 510 Å². The Kier molecular flexibility index (Phi) is 83.6. The molecule has 0 heterocycles. The lowest BCUT2D eigenvalue weighted by atomic mass is 9.99. The van der Waals surface area contributed by atoms with E-state index in [-0.39, 0.29) is 25.7 Å². The molecule has 4 unspecified atom stereocenters. The molecule has 113 heavy (non-hydrogen) atoms. The molecule has 0 aromatic carbocycles. The third-order valence-electron chi connectivity index (χ3n) is 22.9. The second-order valence-corrected chi connectivity index (χ2v) is 37.1. The van der Waals surface area contributed by atoms with Gasteiger partial charge in [0.15, 0.2) is 12.2 Å². The van der Waals surface area contributed by atoms with E-state index in [0.717, 1.165) is 108 Å². The van der Waals surface area contributed by atoms with Gasteiger partial charge in [-0.15, -0.1) is 0 Å². The lowest BCUT2D eigenvalue weighted by Gasteiger charge is -2.21. The molecule has 0 aromatic heterocycles. The normalized spacial score (nSPS) is 14.2. The molecule has 0 spiro atoms. The van der Waals surface area contributed by atoms with E-state index in [1.54, 1.807) is 0 Å². The number of aliphatic hydroxyl groups excluding tert-OH is 1. The Hall–Kier alpha value is -1.94. The fourth-order valence-electron chi connectivity index (χ4n) is 14.8.